The van der Waals surface area contributed by atoms with Crippen molar-refractivity contribution in [2.75, 3.05) is 51.4 Å². The second-order valence-corrected chi connectivity index (χ2v) is 11.4. The van der Waals surface area contributed by atoms with Crippen LogP contribution in [0.4, 0.5) is 23.2 Å². The van der Waals surface area contributed by atoms with Crippen LogP contribution < -0.4 is 10.1 Å². The fraction of sp³-hybridized carbons (Fsp3) is 0.533. The average molecular weight is 561 g/mol. The molecule has 3 aliphatic heterocycles. The normalized spacial score (nSPS) is 24.8. The van der Waals surface area contributed by atoms with E-state index in [2.05, 4.69) is 33.1 Å². The number of fused-ring (bicyclic) bond motifs is 3. The minimum atomic E-state index is -3.01. The maximum Gasteiger partial charge on any atom is 0.387 e. The number of para-hydroxylation sites is 1. The molecular weight excluding hydrogens is 524 g/mol. The number of aromatic amines is 1. The molecule has 2 fully saturated rings. The largest absolute Gasteiger partial charge is 0.434 e. The topological polar surface area (TPSA) is 52.8 Å². The maximum absolute atomic E-state index is 15.5. The third-order valence-corrected chi connectivity index (χ3v) is 8.48. The van der Waals surface area contributed by atoms with Gasteiger partial charge in [-0.05, 0) is 43.9 Å². The molecule has 0 bridgehead atoms. The van der Waals surface area contributed by atoms with Crippen molar-refractivity contribution in [3.8, 4) is 5.75 Å². The Bertz CT molecular complexity index is 1330. The zero-order chi connectivity index (χ0) is 27.9. The minimum absolute atomic E-state index is 0.0233. The molecule has 0 unspecified atom stereocenters. The lowest BCUT2D eigenvalue weighted by atomic mass is 9.86. The molecule has 6 rings (SSSR count). The molecule has 0 radical (unpaired) electrons. The van der Waals surface area contributed by atoms with Crippen molar-refractivity contribution in [1.82, 2.24) is 14.8 Å². The molecule has 0 aliphatic carbocycles. The lowest BCUT2D eigenvalue weighted by Gasteiger charge is -2.46. The summed E-state index contributed by atoms with van der Waals surface area (Å²) in [5.74, 6) is 0.0683. The zero-order valence-corrected chi connectivity index (χ0v) is 22.6. The highest BCUT2D eigenvalue weighted by Crippen LogP contribution is 2.45. The molecule has 6 nitrogen and oxygen atoms in total. The molecule has 0 saturated carbocycles. The molecule has 3 aliphatic rings. The first-order chi connectivity index (χ1) is 19.3. The van der Waals surface area contributed by atoms with Crippen LogP contribution in [-0.4, -0.2) is 85.2 Å². The molecule has 40 heavy (non-hydrogen) atoms. The summed E-state index contributed by atoms with van der Waals surface area (Å²) in [6.45, 7) is 1.21. The number of hydrogen-bond acceptors (Lipinski definition) is 5. The number of likely N-dealkylation sites (tertiary alicyclic amines) is 1. The molecule has 2 N–H and O–H groups in total. The lowest BCUT2D eigenvalue weighted by Crippen LogP contribution is -2.57. The molecule has 3 aromatic rings. The number of nitrogens with one attached hydrogen (secondary N) is 2. The van der Waals surface area contributed by atoms with Crippen LogP contribution in [0.15, 0.2) is 42.5 Å². The van der Waals surface area contributed by atoms with Gasteiger partial charge in [0.15, 0.2) is 5.67 Å². The number of benzene rings is 2. The number of hydrogen-bond donors (Lipinski definition) is 2. The highest BCUT2D eigenvalue weighted by atomic mass is 19.3. The lowest BCUT2D eigenvalue weighted by molar-refractivity contribution is -0.148. The molecule has 2 saturated heterocycles. The van der Waals surface area contributed by atoms with Crippen molar-refractivity contribution in [2.45, 2.75) is 56.6 Å². The summed E-state index contributed by atoms with van der Waals surface area (Å²) in [6.07, 6.45) is 2.09. The first kappa shape index (κ1) is 27.4. The molecular formula is C30H36F4N4O2. The van der Waals surface area contributed by atoms with Crippen molar-refractivity contribution < 1.29 is 27.0 Å². The quantitative estimate of drug-likeness (QED) is 0.312. The van der Waals surface area contributed by atoms with Gasteiger partial charge in [-0.2, -0.15) is 8.78 Å². The molecule has 2 aromatic carbocycles. The van der Waals surface area contributed by atoms with Gasteiger partial charge in [0.2, 0.25) is 0 Å². The fourth-order valence-corrected chi connectivity index (χ4v) is 6.55. The monoisotopic (exact) mass is 560 g/mol. The van der Waals surface area contributed by atoms with Gasteiger partial charge < -0.3 is 24.7 Å². The minimum Gasteiger partial charge on any atom is -0.434 e. The van der Waals surface area contributed by atoms with Crippen LogP contribution in [0.25, 0.3) is 10.9 Å². The van der Waals surface area contributed by atoms with Crippen LogP contribution >= 0.6 is 0 Å². The van der Waals surface area contributed by atoms with E-state index in [0.717, 1.165) is 41.7 Å². The third-order valence-electron chi connectivity index (χ3n) is 8.48. The smallest absolute Gasteiger partial charge is 0.387 e. The Morgan fingerprint density at radius 3 is 2.77 bits per heavy atom. The SMILES string of the molecule is C[C@@H]1Cc2c([nH]c3ccccc23)[C@@H](c2ccc(N[C@H]3CCN(CCCF)C3)cc2OC(F)F)N1CC1(F)COC1. The van der Waals surface area contributed by atoms with Gasteiger partial charge in [-0.3, -0.25) is 9.29 Å². The van der Waals surface area contributed by atoms with E-state index in [1.165, 1.54) is 0 Å². The first-order valence-electron chi connectivity index (χ1n) is 14.1. The molecule has 1 aromatic heterocycles. The van der Waals surface area contributed by atoms with E-state index < -0.39 is 18.3 Å². The van der Waals surface area contributed by atoms with E-state index >= 15 is 4.39 Å². The van der Waals surface area contributed by atoms with E-state index in [0.29, 0.717) is 30.6 Å². The summed E-state index contributed by atoms with van der Waals surface area (Å²) in [5.41, 5.74) is 2.71. The Balaban J connectivity index is 1.37. The Morgan fingerprint density at radius 2 is 2.02 bits per heavy atom. The number of rotatable bonds is 10. The predicted molar refractivity (Wildman–Crippen MR) is 147 cm³/mol. The van der Waals surface area contributed by atoms with Gasteiger partial charge in [-0.1, -0.05) is 24.3 Å². The van der Waals surface area contributed by atoms with E-state index in [1.54, 1.807) is 6.07 Å². The average Bonchev–Trinajstić information content (AvgIpc) is 3.51. The van der Waals surface area contributed by atoms with E-state index in [9.17, 15) is 13.2 Å². The molecule has 216 valence electrons. The second kappa shape index (κ2) is 11.2. The second-order valence-electron chi connectivity index (χ2n) is 11.4. The Morgan fingerprint density at radius 1 is 1.20 bits per heavy atom. The summed E-state index contributed by atoms with van der Waals surface area (Å²) in [6, 6.07) is 12.9. The van der Waals surface area contributed by atoms with Crippen LogP contribution in [-0.2, 0) is 11.2 Å². The van der Waals surface area contributed by atoms with Gasteiger partial charge in [0.05, 0.1) is 25.9 Å². The van der Waals surface area contributed by atoms with Crippen LogP contribution in [0.3, 0.4) is 0 Å². The number of alkyl halides is 4. The standard InChI is InChI=1S/C30H36F4N4O2/c1-19-13-24-22-5-2-3-6-25(22)36-27(24)28(38(19)16-30(34)17-39-18-30)23-8-7-20(14-26(23)40-29(32)33)35-21-9-12-37(15-21)11-4-10-31/h2-3,5-8,14,19,21,28-29,35-36H,4,9-13,15-18H2,1H3/t19-,21+,28-/m1/s1. The zero-order valence-electron chi connectivity index (χ0n) is 22.6. The van der Waals surface area contributed by atoms with Gasteiger partial charge in [0, 0.05) is 72.2 Å². The third kappa shape index (κ3) is 5.41. The Hall–Kier alpha value is -2.82. The summed E-state index contributed by atoms with van der Waals surface area (Å²) >= 11 is 0. The molecule has 4 heterocycles. The number of aromatic nitrogens is 1. The summed E-state index contributed by atoms with van der Waals surface area (Å²) < 4.78 is 65.9. The molecule has 10 heteroatoms. The summed E-state index contributed by atoms with van der Waals surface area (Å²) in [5, 5.41) is 4.54. The fourth-order valence-electron chi connectivity index (χ4n) is 6.55. The maximum atomic E-state index is 15.5. The highest BCUT2D eigenvalue weighted by molar-refractivity contribution is 5.85. The van der Waals surface area contributed by atoms with Crippen LogP contribution in [0.5, 0.6) is 5.75 Å². The predicted octanol–water partition coefficient (Wildman–Crippen LogP) is 5.69. The number of anilines is 1. The van der Waals surface area contributed by atoms with Crippen molar-refractivity contribution in [1.29, 1.82) is 0 Å². The highest BCUT2D eigenvalue weighted by Gasteiger charge is 2.46. The number of ether oxygens (including phenoxy) is 2. The van der Waals surface area contributed by atoms with E-state index in [4.69, 9.17) is 9.47 Å². The molecule has 3 atom stereocenters. The van der Waals surface area contributed by atoms with Gasteiger partial charge in [-0.15, -0.1) is 0 Å². The summed E-state index contributed by atoms with van der Waals surface area (Å²) in [4.78, 5) is 7.79. The first-order valence-corrected chi connectivity index (χ1v) is 14.1. The van der Waals surface area contributed by atoms with Crippen molar-refractivity contribution >= 4 is 16.6 Å². The van der Waals surface area contributed by atoms with Gasteiger partial charge >= 0.3 is 6.61 Å². The van der Waals surface area contributed by atoms with Crippen LogP contribution in [0.2, 0.25) is 0 Å². The van der Waals surface area contributed by atoms with E-state index in [1.807, 2.05) is 30.3 Å². The number of nitrogens with zero attached hydrogens (tertiary/aromatic N) is 2. The van der Waals surface area contributed by atoms with Crippen LogP contribution in [0.1, 0.15) is 42.6 Å². The Kier molecular flexibility index (Phi) is 7.67. The van der Waals surface area contributed by atoms with Crippen molar-refractivity contribution in [3.05, 3.63) is 59.3 Å². The Labute approximate surface area is 231 Å². The molecule has 0 amide bonds. The number of H-pyrrole nitrogens is 1. The van der Waals surface area contributed by atoms with Gasteiger partial charge in [-0.25, -0.2) is 4.39 Å². The van der Waals surface area contributed by atoms with Gasteiger partial charge in [0.1, 0.15) is 5.75 Å². The van der Waals surface area contributed by atoms with Crippen molar-refractivity contribution in [3.63, 3.8) is 0 Å². The van der Waals surface area contributed by atoms with E-state index in [-0.39, 0.29) is 44.3 Å². The number of halogens is 4. The van der Waals surface area contributed by atoms with Gasteiger partial charge in [0.25, 0.3) is 0 Å². The molecule has 0 spiro atoms. The summed E-state index contributed by atoms with van der Waals surface area (Å²) in [7, 11) is 0. The van der Waals surface area contributed by atoms with Crippen molar-refractivity contribution in [2.24, 2.45) is 0 Å². The van der Waals surface area contributed by atoms with Crippen LogP contribution in [0, 0.1) is 0 Å².